The van der Waals surface area contributed by atoms with Crippen LogP contribution in [0.2, 0.25) is 5.02 Å². The lowest BCUT2D eigenvalue weighted by molar-refractivity contribution is 0.102. The van der Waals surface area contributed by atoms with Crippen LogP contribution in [0.3, 0.4) is 0 Å². The van der Waals surface area contributed by atoms with E-state index >= 15 is 0 Å². The molecule has 0 bridgehead atoms. The summed E-state index contributed by atoms with van der Waals surface area (Å²) in [7, 11) is -3.98. The Morgan fingerprint density at radius 3 is 2.71 bits per heavy atom. The van der Waals surface area contributed by atoms with Gasteiger partial charge in [0, 0.05) is 23.4 Å². The van der Waals surface area contributed by atoms with E-state index in [1.807, 2.05) is 12.1 Å². The summed E-state index contributed by atoms with van der Waals surface area (Å²) in [6, 6.07) is 18.0. The first-order chi connectivity index (χ1) is 16.3. The zero-order valence-corrected chi connectivity index (χ0v) is 19.1. The quantitative estimate of drug-likeness (QED) is 0.434. The fraction of sp³-hybridized carbons (Fsp3) is 0.0870. The Morgan fingerprint density at radius 1 is 1.09 bits per heavy atom. The minimum absolute atomic E-state index is 0.0258. The van der Waals surface area contributed by atoms with Gasteiger partial charge in [-0.25, -0.2) is 13.2 Å². The molecule has 0 aliphatic carbocycles. The Hall–Kier alpha value is -3.89. The van der Waals surface area contributed by atoms with Crippen molar-refractivity contribution in [2.24, 2.45) is 0 Å². The van der Waals surface area contributed by atoms with E-state index in [-0.39, 0.29) is 21.3 Å². The first-order valence-electron chi connectivity index (χ1n) is 10.2. The number of halogens is 1. The molecule has 0 atom stereocenters. The molecule has 172 valence electrons. The number of nitrogens with one attached hydrogen (secondary N) is 2. The first kappa shape index (κ1) is 21.9. The van der Waals surface area contributed by atoms with Crippen LogP contribution in [0.5, 0.6) is 0 Å². The molecule has 2 N–H and O–H groups in total. The van der Waals surface area contributed by atoms with Gasteiger partial charge in [-0.05, 0) is 48.4 Å². The number of para-hydroxylation sites is 1. The zero-order valence-electron chi connectivity index (χ0n) is 17.5. The molecule has 0 unspecified atom stereocenters. The van der Waals surface area contributed by atoms with Crippen molar-refractivity contribution in [2.45, 2.75) is 11.3 Å². The Kier molecular flexibility index (Phi) is 5.46. The summed E-state index contributed by atoms with van der Waals surface area (Å²) in [5.74, 6) is -1.01. The van der Waals surface area contributed by atoms with Gasteiger partial charge < -0.3 is 5.32 Å². The smallest absolute Gasteiger partial charge is 0.322 e. The van der Waals surface area contributed by atoms with Gasteiger partial charge in [0.2, 0.25) is 0 Å². The average molecular weight is 497 g/mol. The molecule has 34 heavy (non-hydrogen) atoms. The molecule has 5 rings (SSSR count). The number of H-pyrrole nitrogens is 1. The van der Waals surface area contributed by atoms with E-state index in [9.17, 15) is 18.0 Å². The van der Waals surface area contributed by atoms with Crippen LogP contribution in [0.25, 0.3) is 11.4 Å². The van der Waals surface area contributed by atoms with Gasteiger partial charge in [0.05, 0.1) is 10.7 Å². The number of rotatable bonds is 5. The van der Waals surface area contributed by atoms with E-state index < -0.39 is 21.7 Å². The van der Waals surface area contributed by atoms with E-state index in [2.05, 4.69) is 20.0 Å². The maximum absolute atomic E-state index is 13.4. The molecule has 3 aromatic carbocycles. The van der Waals surface area contributed by atoms with Crippen LogP contribution in [0, 0.1) is 0 Å². The van der Waals surface area contributed by atoms with Crippen molar-refractivity contribution in [3.8, 4) is 11.4 Å². The minimum Gasteiger partial charge on any atom is -0.322 e. The molecule has 1 amide bonds. The van der Waals surface area contributed by atoms with Gasteiger partial charge in [-0.2, -0.15) is 0 Å². The largest absolute Gasteiger partial charge is 0.439 e. The summed E-state index contributed by atoms with van der Waals surface area (Å²) in [6.07, 6.45) is 0.598. The molecule has 0 fully saturated rings. The van der Waals surface area contributed by atoms with Gasteiger partial charge in [0.1, 0.15) is 4.90 Å². The molecular formula is C23H17ClN4O5S. The van der Waals surface area contributed by atoms with Crippen LogP contribution >= 0.6 is 11.6 Å². The van der Waals surface area contributed by atoms with Crippen LogP contribution in [0.1, 0.15) is 15.9 Å². The van der Waals surface area contributed by atoms with Crippen molar-refractivity contribution in [2.75, 3.05) is 16.2 Å². The van der Waals surface area contributed by atoms with E-state index in [1.54, 1.807) is 36.4 Å². The van der Waals surface area contributed by atoms with Crippen molar-refractivity contribution in [1.82, 2.24) is 10.1 Å². The lowest BCUT2D eigenvalue weighted by Gasteiger charge is -2.20. The van der Waals surface area contributed by atoms with Gasteiger partial charge in [-0.3, -0.25) is 18.6 Å². The third kappa shape index (κ3) is 3.97. The SMILES string of the molecule is O=C(Nc1cccc(-c2noc(=O)[nH]2)c1)c1ccc(Cl)c(S(=O)(=O)N2CCc3ccccc32)c1. The number of nitrogens with zero attached hydrogens (tertiary/aromatic N) is 2. The summed E-state index contributed by atoms with van der Waals surface area (Å²) in [5.41, 5.74) is 2.60. The number of sulfonamides is 1. The predicted octanol–water partition coefficient (Wildman–Crippen LogP) is 3.69. The number of hydrogen-bond acceptors (Lipinski definition) is 6. The normalized spacial score (nSPS) is 13.0. The highest BCUT2D eigenvalue weighted by Crippen LogP contribution is 2.35. The van der Waals surface area contributed by atoms with Crippen LogP contribution in [-0.4, -0.2) is 31.0 Å². The summed E-state index contributed by atoms with van der Waals surface area (Å²) in [6.45, 7) is 0.297. The highest BCUT2D eigenvalue weighted by Gasteiger charge is 2.32. The summed E-state index contributed by atoms with van der Waals surface area (Å²) < 4.78 is 32.7. The second-order valence-electron chi connectivity index (χ2n) is 7.58. The van der Waals surface area contributed by atoms with Crippen molar-refractivity contribution in [3.05, 3.63) is 93.4 Å². The zero-order chi connectivity index (χ0) is 23.9. The minimum atomic E-state index is -3.98. The van der Waals surface area contributed by atoms with Crippen molar-refractivity contribution in [3.63, 3.8) is 0 Å². The van der Waals surface area contributed by atoms with Crippen LogP contribution in [0.15, 0.2) is 80.9 Å². The average Bonchev–Trinajstić information content (AvgIpc) is 3.46. The second-order valence-corrected chi connectivity index (χ2v) is 9.82. The van der Waals surface area contributed by atoms with Crippen LogP contribution < -0.4 is 15.4 Å². The molecule has 2 heterocycles. The number of aromatic amines is 1. The fourth-order valence-corrected chi connectivity index (χ4v) is 5.83. The molecule has 0 spiro atoms. The molecule has 9 nitrogen and oxygen atoms in total. The number of carbonyl (C=O) groups is 1. The van der Waals surface area contributed by atoms with E-state index in [1.165, 1.54) is 22.5 Å². The maximum atomic E-state index is 13.4. The van der Waals surface area contributed by atoms with Crippen LogP contribution in [-0.2, 0) is 16.4 Å². The number of benzene rings is 3. The molecule has 11 heteroatoms. The van der Waals surface area contributed by atoms with E-state index in [4.69, 9.17) is 11.6 Å². The number of hydrogen-bond donors (Lipinski definition) is 2. The fourth-order valence-electron chi connectivity index (χ4n) is 3.82. The first-order valence-corrected chi connectivity index (χ1v) is 12.0. The number of carbonyl (C=O) groups excluding carboxylic acids is 1. The molecule has 1 aromatic heterocycles. The number of anilines is 2. The maximum Gasteiger partial charge on any atom is 0.439 e. The molecule has 4 aromatic rings. The molecular weight excluding hydrogens is 480 g/mol. The summed E-state index contributed by atoms with van der Waals surface area (Å²) in [5, 5.41) is 6.37. The molecule has 0 saturated heterocycles. The number of amides is 1. The van der Waals surface area contributed by atoms with Gasteiger partial charge in [-0.1, -0.05) is 47.1 Å². The second kappa shape index (κ2) is 8.47. The monoisotopic (exact) mass is 496 g/mol. The molecule has 1 aliphatic rings. The Labute approximate surface area is 199 Å². The third-order valence-electron chi connectivity index (χ3n) is 5.44. The van der Waals surface area contributed by atoms with Crippen molar-refractivity contribution < 1.29 is 17.7 Å². The predicted molar refractivity (Wildman–Crippen MR) is 127 cm³/mol. The number of fused-ring (bicyclic) bond motifs is 1. The topological polar surface area (TPSA) is 125 Å². The molecule has 0 radical (unpaired) electrons. The Balaban J connectivity index is 1.43. The van der Waals surface area contributed by atoms with Gasteiger partial charge >= 0.3 is 5.76 Å². The van der Waals surface area contributed by atoms with Gasteiger partial charge in [0.15, 0.2) is 5.82 Å². The van der Waals surface area contributed by atoms with Crippen molar-refractivity contribution in [1.29, 1.82) is 0 Å². The summed E-state index contributed by atoms with van der Waals surface area (Å²) in [4.78, 5) is 26.4. The highest BCUT2D eigenvalue weighted by atomic mass is 35.5. The Bertz CT molecular complexity index is 1580. The molecule has 0 saturated carbocycles. The third-order valence-corrected chi connectivity index (χ3v) is 7.73. The Morgan fingerprint density at radius 2 is 1.91 bits per heavy atom. The van der Waals surface area contributed by atoms with Gasteiger partial charge in [-0.15, -0.1) is 0 Å². The molecule has 1 aliphatic heterocycles. The van der Waals surface area contributed by atoms with E-state index in [0.717, 1.165) is 5.56 Å². The lowest BCUT2D eigenvalue weighted by atomic mass is 10.1. The standard InChI is InChI=1S/C23H17ClN4O5S/c24-18-9-8-16(13-20(18)34(31,32)28-11-10-14-4-1-2-7-19(14)28)22(29)25-17-6-3-5-15(12-17)21-26-23(30)33-27-21/h1-9,12-13H,10-11H2,(H,25,29)(H,26,27,30). The van der Waals surface area contributed by atoms with E-state index in [0.29, 0.717) is 29.9 Å². The highest BCUT2D eigenvalue weighted by molar-refractivity contribution is 7.93. The number of aromatic nitrogens is 2. The summed E-state index contributed by atoms with van der Waals surface area (Å²) >= 11 is 6.26. The lowest BCUT2D eigenvalue weighted by Crippen LogP contribution is -2.29. The van der Waals surface area contributed by atoms with Crippen molar-refractivity contribution >= 4 is 38.9 Å². The van der Waals surface area contributed by atoms with Crippen LogP contribution in [0.4, 0.5) is 11.4 Å². The van der Waals surface area contributed by atoms with Gasteiger partial charge in [0.25, 0.3) is 15.9 Å².